The fraction of sp³-hybridized carbons (Fsp3) is 0.133. The largest absolute Gasteiger partial charge is 0.398 e. The third kappa shape index (κ3) is 3.82. The normalized spacial score (nSPS) is 11.6. The molecule has 0 heterocycles. The Morgan fingerprint density at radius 3 is 2.38 bits per heavy atom. The van der Waals surface area contributed by atoms with Crippen LogP contribution < -0.4 is 10.7 Å². The number of halogens is 3. The van der Waals surface area contributed by atoms with Gasteiger partial charge >= 0.3 is 0 Å². The molecular formula is C15H14Cl3N3. The van der Waals surface area contributed by atoms with Crippen molar-refractivity contribution in [1.82, 2.24) is 0 Å². The van der Waals surface area contributed by atoms with E-state index in [1.807, 2.05) is 6.92 Å². The van der Waals surface area contributed by atoms with Crippen molar-refractivity contribution in [3.05, 3.63) is 57.0 Å². The van der Waals surface area contributed by atoms with Crippen molar-refractivity contribution in [2.24, 2.45) is 5.10 Å². The average molecular weight is 343 g/mol. The number of rotatable bonds is 3. The number of hydrogen-bond acceptors (Lipinski definition) is 3. The van der Waals surface area contributed by atoms with Crippen molar-refractivity contribution >= 4 is 51.9 Å². The van der Waals surface area contributed by atoms with Crippen LogP contribution >= 0.6 is 34.8 Å². The Morgan fingerprint density at radius 1 is 1.05 bits per heavy atom. The lowest BCUT2D eigenvalue weighted by Gasteiger charge is -2.17. The molecule has 0 atom stereocenters. The smallest absolute Gasteiger partial charge is 0.0791 e. The summed E-state index contributed by atoms with van der Waals surface area (Å²) < 4.78 is 0. The fourth-order valence-corrected chi connectivity index (χ4v) is 2.49. The van der Waals surface area contributed by atoms with E-state index in [1.165, 1.54) is 0 Å². The molecule has 0 aromatic heterocycles. The second kappa shape index (κ2) is 6.56. The SMILES string of the molecule is C/C(=N\N(C)c1cc(Cl)ccc1Cl)c1cc(Cl)ccc1N. The van der Waals surface area contributed by atoms with Gasteiger partial charge in [-0.15, -0.1) is 0 Å². The highest BCUT2D eigenvalue weighted by Crippen LogP contribution is 2.29. The summed E-state index contributed by atoms with van der Waals surface area (Å²) in [6.07, 6.45) is 0. The highest BCUT2D eigenvalue weighted by molar-refractivity contribution is 6.35. The summed E-state index contributed by atoms with van der Waals surface area (Å²) in [5.74, 6) is 0. The minimum Gasteiger partial charge on any atom is -0.398 e. The van der Waals surface area contributed by atoms with E-state index < -0.39 is 0 Å². The molecule has 0 aliphatic heterocycles. The molecule has 0 saturated heterocycles. The van der Waals surface area contributed by atoms with Gasteiger partial charge in [-0.1, -0.05) is 34.8 Å². The molecule has 6 heteroatoms. The predicted molar refractivity (Wildman–Crippen MR) is 92.9 cm³/mol. The molecule has 0 amide bonds. The molecule has 0 fully saturated rings. The molecule has 21 heavy (non-hydrogen) atoms. The second-order valence-corrected chi connectivity index (χ2v) is 5.82. The molecule has 0 spiro atoms. The van der Waals surface area contributed by atoms with Crippen LogP contribution in [0.2, 0.25) is 15.1 Å². The van der Waals surface area contributed by atoms with E-state index in [0.717, 1.165) is 11.3 Å². The molecule has 0 aliphatic carbocycles. The molecule has 0 saturated carbocycles. The molecule has 2 aromatic carbocycles. The first-order valence-electron chi connectivity index (χ1n) is 6.18. The predicted octanol–water partition coefficient (Wildman–Crippen LogP) is 5.09. The van der Waals surface area contributed by atoms with E-state index in [0.29, 0.717) is 26.4 Å². The highest BCUT2D eigenvalue weighted by atomic mass is 35.5. The molecule has 0 bridgehead atoms. The maximum absolute atomic E-state index is 6.16. The maximum Gasteiger partial charge on any atom is 0.0791 e. The molecular weight excluding hydrogens is 329 g/mol. The number of benzene rings is 2. The molecule has 110 valence electrons. The van der Waals surface area contributed by atoms with Gasteiger partial charge in [-0.3, -0.25) is 5.01 Å². The van der Waals surface area contributed by atoms with E-state index in [-0.39, 0.29) is 0 Å². The number of hydrogen-bond donors (Lipinski definition) is 1. The third-order valence-corrected chi connectivity index (χ3v) is 3.75. The van der Waals surface area contributed by atoms with Gasteiger partial charge in [0.25, 0.3) is 0 Å². The lowest BCUT2D eigenvalue weighted by molar-refractivity contribution is 1.01. The number of hydrazone groups is 1. The Bertz CT molecular complexity index is 699. The number of nitrogens with zero attached hydrogens (tertiary/aromatic N) is 2. The average Bonchev–Trinajstić information content (AvgIpc) is 2.43. The van der Waals surface area contributed by atoms with Crippen LogP contribution in [0.1, 0.15) is 12.5 Å². The Morgan fingerprint density at radius 2 is 1.67 bits per heavy atom. The summed E-state index contributed by atoms with van der Waals surface area (Å²) in [7, 11) is 1.79. The van der Waals surface area contributed by atoms with E-state index in [2.05, 4.69) is 5.10 Å². The van der Waals surface area contributed by atoms with E-state index in [1.54, 1.807) is 48.5 Å². The molecule has 2 rings (SSSR count). The van der Waals surface area contributed by atoms with Crippen LogP contribution in [0.5, 0.6) is 0 Å². The first-order valence-corrected chi connectivity index (χ1v) is 7.31. The first kappa shape index (κ1) is 16.0. The maximum atomic E-state index is 6.16. The van der Waals surface area contributed by atoms with Crippen molar-refractivity contribution in [3.8, 4) is 0 Å². The van der Waals surface area contributed by atoms with Crippen LogP contribution in [-0.4, -0.2) is 12.8 Å². The summed E-state index contributed by atoms with van der Waals surface area (Å²) in [5, 5.41) is 7.92. The number of anilines is 2. The lowest BCUT2D eigenvalue weighted by Crippen LogP contribution is -2.13. The standard InChI is InChI=1S/C15H14Cl3N3/c1-9(12-7-10(16)4-6-14(12)19)20-21(2)15-8-11(17)3-5-13(15)18/h3-8H,19H2,1-2H3/b20-9+. The van der Waals surface area contributed by atoms with E-state index in [9.17, 15) is 0 Å². The zero-order valence-electron chi connectivity index (χ0n) is 11.6. The van der Waals surface area contributed by atoms with Crippen LogP contribution in [0.3, 0.4) is 0 Å². The third-order valence-electron chi connectivity index (χ3n) is 2.96. The quantitative estimate of drug-likeness (QED) is 0.479. The van der Waals surface area contributed by atoms with E-state index in [4.69, 9.17) is 40.5 Å². The Kier molecular flexibility index (Phi) is 4.99. The molecule has 0 aliphatic rings. The minimum atomic E-state index is 0.567. The van der Waals surface area contributed by atoms with Crippen LogP contribution in [0.15, 0.2) is 41.5 Å². The number of nitrogens with two attached hydrogens (primary N) is 1. The molecule has 2 N–H and O–H groups in total. The summed E-state index contributed by atoms with van der Waals surface area (Å²) in [6.45, 7) is 1.86. The zero-order chi connectivity index (χ0) is 15.6. The van der Waals surface area contributed by atoms with Crippen LogP contribution in [0.4, 0.5) is 11.4 Å². The van der Waals surface area contributed by atoms with Gasteiger partial charge in [0.05, 0.1) is 16.4 Å². The van der Waals surface area contributed by atoms with Crippen molar-refractivity contribution in [1.29, 1.82) is 0 Å². The number of nitrogen functional groups attached to an aromatic ring is 1. The Labute approximate surface area is 138 Å². The summed E-state index contributed by atoms with van der Waals surface area (Å²) in [5.41, 5.74) is 8.80. The fourth-order valence-electron chi connectivity index (χ4n) is 1.91. The van der Waals surface area contributed by atoms with Crippen LogP contribution in [0.25, 0.3) is 0 Å². The van der Waals surface area contributed by atoms with Crippen molar-refractivity contribution in [2.45, 2.75) is 6.92 Å². The van der Waals surface area contributed by atoms with Gasteiger partial charge in [-0.05, 0) is 43.3 Å². The van der Waals surface area contributed by atoms with Gasteiger partial charge in [0.15, 0.2) is 0 Å². The molecule has 0 unspecified atom stereocenters. The molecule has 3 nitrogen and oxygen atoms in total. The molecule has 0 radical (unpaired) electrons. The highest BCUT2D eigenvalue weighted by Gasteiger charge is 2.09. The van der Waals surface area contributed by atoms with Crippen LogP contribution in [0, 0.1) is 0 Å². The minimum absolute atomic E-state index is 0.567. The van der Waals surface area contributed by atoms with Gasteiger partial charge in [0.2, 0.25) is 0 Å². The summed E-state index contributed by atoms with van der Waals surface area (Å²) in [4.78, 5) is 0. The monoisotopic (exact) mass is 341 g/mol. The van der Waals surface area contributed by atoms with Gasteiger partial charge in [-0.2, -0.15) is 5.10 Å². The van der Waals surface area contributed by atoms with E-state index >= 15 is 0 Å². The van der Waals surface area contributed by atoms with Gasteiger partial charge in [0.1, 0.15) is 0 Å². The van der Waals surface area contributed by atoms with Crippen LogP contribution in [-0.2, 0) is 0 Å². The lowest BCUT2D eigenvalue weighted by atomic mass is 10.1. The van der Waals surface area contributed by atoms with Gasteiger partial charge < -0.3 is 5.73 Å². The topological polar surface area (TPSA) is 41.6 Å². The first-order chi connectivity index (χ1) is 9.88. The van der Waals surface area contributed by atoms with Crippen molar-refractivity contribution < 1.29 is 0 Å². The van der Waals surface area contributed by atoms with Crippen molar-refractivity contribution in [3.63, 3.8) is 0 Å². The Balaban J connectivity index is 2.38. The van der Waals surface area contributed by atoms with Gasteiger partial charge in [0, 0.05) is 28.3 Å². The van der Waals surface area contributed by atoms with Gasteiger partial charge in [-0.25, -0.2) is 0 Å². The summed E-state index contributed by atoms with van der Waals surface area (Å²) >= 11 is 18.1. The zero-order valence-corrected chi connectivity index (χ0v) is 13.8. The van der Waals surface area contributed by atoms with Crippen molar-refractivity contribution in [2.75, 3.05) is 17.8 Å². The summed E-state index contributed by atoms with van der Waals surface area (Å²) in [6, 6.07) is 10.5. The molecule has 2 aromatic rings. The Hall–Kier alpha value is -1.42. The second-order valence-electron chi connectivity index (χ2n) is 4.54.